The van der Waals surface area contributed by atoms with Crippen molar-refractivity contribution < 1.29 is 19.7 Å². The van der Waals surface area contributed by atoms with Gasteiger partial charge in [-0.3, -0.25) is 4.79 Å². The first-order chi connectivity index (χ1) is 15.8. The van der Waals surface area contributed by atoms with Crippen LogP contribution in [0.25, 0.3) is 0 Å². The van der Waals surface area contributed by atoms with Crippen LogP contribution in [-0.2, 0) is 9.53 Å². The van der Waals surface area contributed by atoms with Crippen LogP contribution in [-0.4, -0.2) is 33.5 Å². The lowest BCUT2D eigenvalue weighted by molar-refractivity contribution is -0.195. The van der Waals surface area contributed by atoms with Gasteiger partial charge in [-0.25, -0.2) is 0 Å². The summed E-state index contributed by atoms with van der Waals surface area (Å²) in [6.45, 7) is 15.6. The summed E-state index contributed by atoms with van der Waals surface area (Å²) in [4.78, 5) is 11.5. The highest BCUT2D eigenvalue weighted by molar-refractivity contribution is 5.66. The predicted molar refractivity (Wildman–Crippen MR) is 136 cm³/mol. The van der Waals surface area contributed by atoms with Crippen LogP contribution in [0.15, 0.2) is 11.6 Å². The maximum atomic E-state index is 12.4. The first-order valence-electron chi connectivity index (χ1n) is 14.1. The highest BCUT2D eigenvalue weighted by Crippen LogP contribution is 2.68. The average Bonchev–Trinajstić information content (AvgIpc) is 3.11. The molecule has 3 saturated carbocycles. The van der Waals surface area contributed by atoms with E-state index in [-0.39, 0.29) is 23.4 Å². The number of hydrogen-bond donors (Lipinski definition) is 2. The Hall–Kier alpha value is -0.870. The number of ether oxygens (including phenoxy) is 1. The topological polar surface area (TPSA) is 66.8 Å². The Labute approximate surface area is 207 Å². The number of carbonyl (C=O) groups is 1. The van der Waals surface area contributed by atoms with Crippen LogP contribution < -0.4 is 0 Å². The largest absolute Gasteiger partial charge is 0.462 e. The molecular formula is C30H50O4. The van der Waals surface area contributed by atoms with Crippen LogP contribution in [0.1, 0.15) is 113 Å². The molecule has 0 aromatic rings. The van der Waals surface area contributed by atoms with Gasteiger partial charge < -0.3 is 14.9 Å². The molecule has 3 fully saturated rings. The highest BCUT2D eigenvalue weighted by Gasteiger charge is 2.67. The second kappa shape index (κ2) is 8.91. The van der Waals surface area contributed by atoms with E-state index in [1.165, 1.54) is 26.2 Å². The molecule has 194 valence electrons. The number of aliphatic hydroxyl groups is 2. The molecule has 34 heavy (non-hydrogen) atoms. The first kappa shape index (κ1) is 26.2. The fourth-order valence-electron chi connectivity index (χ4n) is 8.92. The Bertz CT molecular complexity index is 819. The van der Waals surface area contributed by atoms with E-state index < -0.39 is 16.6 Å². The molecule has 4 rings (SSSR count). The number of rotatable bonds is 6. The molecule has 0 bridgehead atoms. The van der Waals surface area contributed by atoms with Crippen molar-refractivity contribution in [2.75, 3.05) is 0 Å². The van der Waals surface area contributed by atoms with Gasteiger partial charge in [0.25, 0.3) is 0 Å². The normalized spacial score (nSPS) is 45.6. The number of allylic oxidation sites excluding steroid dienone is 1. The Morgan fingerprint density at radius 3 is 2.41 bits per heavy atom. The molecule has 0 unspecified atom stereocenters. The Kier molecular flexibility index (Phi) is 6.86. The van der Waals surface area contributed by atoms with E-state index in [2.05, 4.69) is 47.6 Å². The molecule has 0 aromatic carbocycles. The standard InChI is InChI=1S/C30H50O4/c1-19(2)20(3)8-9-21(4)24-10-11-25-27(24,6)14-13-26-28(7)15-12-23(34-22(5)31)18-29(28,32)16-17-30(25,26)33/h13,19-21,23-25,32-33H,8-12,14-18H2,1-7H3/t20-,21+,23+,24+,25+,27+,28+,29+,30-/m0/s1. The smallest absolute Gasteiger partial charge is 0.302 e. The van der Waals surface area contributed by atoms with Crippen molar-refractivity contribution in [2.45, 2.75) is 130 Å². The zero-order valence-corrected chi connectivity index (χ0v) is 22.8. The maximum absolute atomic E-state index is 12.4. The molecule has 0 amide bonds. The van der Waals surface area contributed by atoms with Crippen molar-refractivity contribution in [2.24, 2.45) is 40.4 Å². The Morgan fingerprint density at radius 1 is 1.06 bits per heavy atom. The fourth-order valence-corrected chi connectivity index (χ4v) is 8.92. The van der Waals surface area contributed by atoms with E-state index in [1.807, 2.05) is 0 Å². The van der Waals surface area contributed by atoms with Gasteiger partial charge in [-0.05, 0) is 85.5 Å². The molecule has 0 aromatic heterocycles. The molecule has 4 nitrogen and oxygen atoms in total. The first-order valence-corrected chi connectivity index (χ1v) is 14.1. The van der Waals surface area contributed by atoms with Gasteiger partial charge in [0.15, 0.2) is 0 Å². The molecule has 0 aliphatic heterocycles. The summed E-state index contributed by atoms with van der Waals surface area (Å²) >= 11 is 0. The van der Waals surface area contributed by atoms with E-state index in [4.69, 9.17) is 4.74 Å². The number of carbonyl (C=O) groups excluding carboxylic acids is 1. The number of fused-ring (bicyclic) bond motifs is 5. The van der Waals surface area contributed by atoms with Gasteiger partial charge in [0.2, 0.25) is 0 Å². The second-order valence-electron chi connectivity index (χ2n) is 13.6. The third-order valence-electron chi connectivity index (χ3n) is 11.5. The molecule has 0 spiro atoms. The Balaban J connectivity index is 1.57. The van der Waals surface area contributed by atoms with Gasteiger partial charge in [-0.15, -0.1) is 0 Å². The van der Waals surface area contributed by atoms with Gasteiger partial charge in [-0.2, -0.15) is 0 Å². The van der Waals surface area contributed by atoms with E-state index >= 15 is 0 Å². The fraction of sp³-hybridized carbons (Fsp3) is 0.900. The van der Waals surface area contributed by atoms with Crippen LogP contribution in [0.3, 0.4) is 0 Å². The molecule has 4 heteroatoms. The molecule has 0 heterocycles. The summed E-state index contributed by atoms with van der Waals surface area (Å²) < 4.78 is 5.51. The summed E-state index contributed by atoms with van der Waals surface area (Å²) in [5, 5.41) is 24.2. The van der Waals surface area contributed by atoms with Crippen molar-refractivity contribution in [3.05, 3.63) is 11.6 Å². The summed E-state index contributed by atoms with van der Waals surface area (Å²) in [5.74, 6) is 2.80. The molecular weight excluding hydrogens is 424 g/mol. The average molecular weight is 475 g/mol. The third-order valence-corrected chi connectivity index (χ3v) is 11.5. The van der Waals surface area contributed by atoms with Crippen LogP contribution in [0.4, 0.5) is 0 Å². The summed E-state index contributed by atoms with van der Waals surface area (Å²) in [6.07, 6.45) is 11.2. The van der Waals surface area contributed by atoms with Crippen LogP contribution in [0, 0.1) is 40.4 Å². The van der Waals surface area contributed by atoms with E-state index in [9.17, 15) is 15.0 Å². The van der Waals surface area contributed by atoms with Gasteiger partial charge in [0.1, 0.15) is 6.10 Å². The van der Waals surface area contributed by atoms with Crippen molar-refractivity contribution in [3.63, 3.8) is 0 Å². The van der Waals surface area contributed by atoms with Gasteiger partial charge >= 0.3 is 5.97 Å². The number of esters is 1. The zero-order valence-electron chi connectivity index (χ0n) is 22.8. The minimum absolute atomic E-state index is 0.124. The minimum Gasteiger partial charge on any atom is -0.462 e. The third kappa shape index (κ3) is 3.99. The lowest BCUT2D eigenvalue weighted by Crippen LogP contribution is -2.65. The van der Waals surface area contributed by atoms with Crippen molar-refractivity contribution in [3.8, 4) is 0 Å². The van der Waals surface area contributed by atoms with Gasteiger partial charge in [0, 0.05) is 18.8 Å². The molecule has 0 saturated heterocycles. The van der Waals surface area contributed by atoms with Crippen molar-refractivity contribution in [1.29, 1.82) is 0 Å². The predicted octanol–water partition coefficient (Wildman–Crippen LogP) is 6.44. The molecule has 4 aliphatic carbocycles. The van der Waals surface area contributed by atoms with Crippen LogP contribution in [0.2, 0.25) is 0 Å². The molecule has 9 atom stereocenters. The van der Waals surface area contributed by atoms with Crippen molar-refractivity contribution in [1.82, 2.24) is 0 Å². The van der Waals surface area contributed by atoms with Crippen molar-refractivity contribution >= 4 is 5.97 Å². The SMILES string of the molecule is CC(=O)O[C@@H]1CC[C@]2(C)C3=CC[C@]4(C)[C@@H]([C@H](C)CC[C@H](C)C(C)C)CC[C@H]4[C@@]3(O)CC[C@@]2(O)C1. The lowest BCUT2D eigenvalue weighted by atomic mass is 9.45. The van der Waals surface area contributed by atoms with Crippen LogP contribution >= 0.6 is 0 Å². The summed E-state index contributed by atoms with van der Waals surface area (Å²) in [6, 6.07) is 0. The highest BCUT2D eigenvalue weighted by atomic mass is 16.5. The lowest BCUT2D eigenvalue weighted by Gasteiger charge is -2.63. The molecule has 4 aliphatic rings. The second-order valence-corrected chi connectivity index (χ2v) is 13.6. The monoisotopic (exact) mass is 474 g/mol. The zero-order chi connectivity index (χ0) is 25.1. The van der Waals surface area contributed by atoms with Gasteiger partial charge in [0.05, 0.1) is 11.2 Å². The Morgan fingerprint density at radius 2 is 1.76 bits per heavy atom. The van der Waals surface area contributed by atoms with Crippen LogP contribution in [0.5, 0.6) is 0 Å². The maximum Gasteiger partial charge on any atom is 0.302 e. The van der Waals surface area contributed by atoms with E-state index in [0.717, 1.165) is 43.1 Å². The number of hydrogen-bond acceptors (Lipinski definition) is 4. The molecule has 2 N–H and O–H groups in total. The van der Waals surface area contributed by atoms with E-state index in [1.54, 1.807) is 0 Å². The summed E-state index contributed by atoms with van der Waals surface area (Å²) in [7, 11) is 0. The minimum atomic E-state index is -0.921. The van der Waals surface area contributed by atoms with Gasteiger partial charge in [-0.1, -0.05) is 60.5 Å². The molecule has 0 radical (unpaired) electrons. The van der Waals surface area contributed by atoms with E-state index in [0.29, 0.717) is 31.1 Å². The summed E-state index contributed by atoms with van der Waals surface area (Å²) in [5.41, 5.74) is -0.968. The quantitative estimate of drug-likeness (QED) is 0.344.